The molecule has 0 aliphatic heterocycles. The minimum Gasteiger partial charge on any atom is -0.493 e. The Morgan fingerprint density at radius 2 is 1.77 bits per heavy atom. The van der Waals surface area contributed by atoms with Crippen LogP contribution in [-0.4, -0.2) is 44.5 Å². The van der Waals surface area contributed by atoms with Crippen molar-refractivity contribution in [1.82, 2.24) is 10.2 Å². The summed E-state index contributed by atoms with van der Waals surface area (Å²) in [4.78, 5) is 25.6. The maximum absolute atomic E-state index is 12.1. The molecule has 2 aromatic carbocycles. The zero-order valence-corrected chi connectivity index (χ0v) is 18.3. The highest BCUT2D eigenvalue weighted by molar-refractivity contribution is 5.94. The lowest BCUT2D eigenvalue weighted by Crippen LogP contribution is -2.22. The first-order chi connectivity index (χ1) is 14.3. The highest BCUT2D eigenvalue weighted by atomic mass is 16.5. The molecule has 6 heteroatoms. The first-order valence-electron chi connectivity index (χ1n) is 9.87. The van der Waals surface area contributed by atoms with Gasteiger partial charge in [-0.25, -0.2) is 0 Å². The molecule has 30 heavy (non-hydrogen) atoms. The number of benzene rings is 2. The molecular weight excluding hydrogens is 380 g/mol. The number of hydrogen-bond acceptors (Lipinski definition) is 4. The van der Waals surface area contributed by atoms with Crippen LogP contribution in [0.2, 0.25) is 0 Å². The number of amides is 2. The van der Waals surface area contributed by atoms with Crippen LogP contribution in [0.25, 0.3) is 6.08 Å². The van der Waals surface area contributed by atoms with Gasteiger partial charge in [-0.3, -0.25) is 9.59 Å². The molecule has 2 aromatic rings. The van der Waals surface area contributed by atoms with Gasteiger partial charge in [0.2, 0.25) is 5.91 Å². The fraction of sp³-hybridized carbons (Fsp3) is 0.333. The van der Waals surface area contributed by atoms with Crippen molar-refractivity contribution in [2.45, 2.75) is 20.4 Å². The third kappa shape index (κ3) is 6.95. The van der Waals surface area contributed by atoms with Crippen LogP contribution in [0.3, 0.4) is 0 Å². The minimum atomic E-state index is -0.206. The Morgan fingerprint density at radius 3 is 2.37 bits per heavy atom. The van der Waals surface area contributed by atoms with Crippen LogP contribution in [0.4, 0.5) is 0 Å². The Labute approximate surface area is 178 Å². The summed E-state index contributed by atoms with van der Waals surface area (Å²) < 4.78 is 11.1. The molecule has 0 aromatic heterocycles. The molecule has 0 radical (unpaired) electrons. The summed E-state index contributed by atoms with van der Waals surface area (Å²) in [6.07, 6.45) is 3.20. The van der Waals surface area contributed by atoms with Gasteiger partial charge in [0, 0.05) is 32.3 Å². The second-order valence-electron chi connectivity index (χ2n) is 7.56. The van der Waals surface area contributed by atoms with Crippen molar-refractivity contribution in [2.24, 2.45) is 5.92 Å². The molecule has 2 amide bonds. The Hall–Kier alpha value is -3.28. The molecule has 0 saturated carbocycles. The van der Waals surface area contributed by atoms with Gasteiger partial charge >= 0.3 is 0 Å². The number of carbonyl (C=O) groups excluding carboxylic acids is 2. The SMILES string of the molecule is COc1cc(/C=C/C(=O)NCc2ccc(C(=O)N(C)C)cc2)ccc1OCC(C)C. The van der Waals surface area contributed by atoms with Gasteiger partial charge in [0.1, 0.15) is 0 Å². The lowest BCUT2D eigenvalue weighted by atomic mass is 10.1. The average molecular weight is 411 g/mol. The summed E-state index contributed by atoms with van der Waals surface area (Å²) in [6.45, 7) is 5.16. The van der Waals surface area contributed by atoms with E-state index in [-0.39, 0.29) is 11.8 Å². The topological polar surface area (TPSA) is 67.9 Å². The van der Waals surface area contributed by atoms with Crippen LogP contribution in [-0.2, 0) is 11.3 Å². The highest BCUT2D eigenvalue weighted by Crippen LogP contribution is 2.29. The van der Waals surface area contributed by atoms with Crippen LogP contribution in [0.15, 0.2) is 48.5 Å². The Kier molecular flexibility index (Phi) is 8.47. The zero-order chi connectivity index (χ0) is 22.1. The molecule has 0 unspecified atom stereocenters. The second kappa shape index (κ2) is 11.0. The standard InChI is InChI=1S/C24H30N2O4/c1-17(2)16-30-21-12-8-18(14-22(21)29-5)9-13-23(27)25-15-19-6-10-20(11-7-19)24(28)26(3)4/h6-14,17H,15-16H2,1-5H3,(H,25,27)/b13-9+. The van der Waals surface area contributed by atoms with Crippen molar-refractivity contribution in [1.29, 1.82) is 0 Å². The molecule has 0 saturated heterocycles. The predicted octanol–water partition coefficient (Wildman–Crippen LogP) is 3.76. The summed E-state index contributed by atoms with van der Waals surface area (Å²) in [5, 5.41) is 2.84. The molecule has 1 N–H and O–H groups in total. The molecule has 0 fully saturated rings. The van der Waals surface area contributed by atoms with E-state index in [4.69, 9.17) is 9.47 Å². The summed E-state index contributed by atoms with van der Waals surface area (Å²) >= 11 is 0. The van der Waals surface area contributed by atoms with Crippen molar-refractivity contribution in [3.05, 3.63) is 65.2 Å². The van der Waals surface area contributed by atoms with Crippen molar-refractivity contribution in [3.63, 3.8) is 0 Å². The Bertz CT molecular complexity index is 887. The summed E-state index contributed by atoms with van der Waals surface area (Å²) in [7, 11) is 5.02. The normalized spacial score (nSPS) is 10.9. The van der Waals surface area contributed by atoms with E-state index in [9.17, 15) is 9.59 Å². The predicted molar refractivity (Wildman–Crippen MR) is 119 cm³/mol. The van der Waals surface area contributed by atoms with Gasteiger partial charge in [0.25, 0.3) is 5.91 Å². The highest BCUT2D eigenvalue weighted by Gasteiger charge is 2.08. The van der Waals surface area contributed by atoms with Crippen LogP contribution in [0.5, 0.6) is 11.5 Å². The molecule has 0 aliphatic rings. The molecule has 0 bridgehead atoms. The van der Waals surface area contributed by atoms with E-state index in [0.717, 1.165) is 11.1 Å². The Balaban J connectivity index is 1.92. The van der Waals surface area contributed by atoms with E-state index >= 15 is 0 Å². The van der Waals surface area contributed by atoms with Crippen LogP contribution in [0, 0.1) is 5.92 Å². The van der Waals surface area contributed by atoms with Gasteiger partial charge in [-0.15, -0.1) is 0 Å². The monoisotopic (exact) mass is 410 g/mol. The van der Waals surface area contributed by atoms with Crippen molar-refractivity contribution in [3.8, 4) is 11.5 Å². The fourth-order valence-electron chi connectivity index (χ4n) is 2.61. The van der Waals surface area contributed by atoms with Gasteiger partial charge in [0.15, 0.2) is 11.5 Å². The summed E-state index contributed by atoms with van der Waals surface area (Å²) in [5.74, 6) is 1.48. The lowest BCUT2D eigenvalue weighted by Gasteiger charge is -2.12. The molecule has 2 rings (SSSR count). The van der Waals surface area contributed by atoms with E-state index in [1.165, 1.54) is 11.0 Å². The largest absolute Gasteiger partial charge is 0.493 e. The fourth-order valence-corrected chi connectivity index (χ4v) is 2.61. The van der Waals surface area contributed by atoms with Gasteiger partial charge in [-0.1, -0.05) is 32.0 Å². The quantitative estimate of drug-likeness (QED) is 0.639. The van der Waals surface area contributed by atoms with Gasteiger partial charge in [-0.2, -0.15) is 0 Å². The molecule has 6 nitrogen and oxygen atoms in total. The number of nitrogens with zero attached hydrogens (tertiary/aromatic N) is 1. The molecule has 0 heterocycles. The number of carbonyl (C=O) groups is 2. The lowest BCUT2D eigenvalue weighted by molar-refractivity contribution is -0.116. The van der Waals surface area contributed by atoms with Crippen molar-refractivity contribution < 1.29 is 19.1 Å². The minimum absolute atomic E-state index is 0.0513. The van der Waals surface area contributed by atoms with E-state index < -0.39 is 0 Å². The molecule has 0 spiro atoms. The van der Waals surface area contributed by atoms with E-state index in [1.54, 1.807) is 39.4 Å². The zero-order valence-electron chi connectivity index (χ0n) is 18.3. The molecule has 0 aliphatic carbocycles. The number of rotatable bonds is 9. The van der Waals surface area contributed by atoms with Crippen LogP contribution < -0.4 is 14.8 Å². The van der Waals surface area contributed by atoms with Crippen molar-refractivity contribution >= 4 is 17.9 Å². The first-order valence-corrected chi connectivity index (χ1v) is 9.87. The van der Waals surface area contributed by atoms with Gasteiger partial charge < -0.3 is 19.7 Å². The number of nitrogens with one attached hydrogen (secondary N) is 1. The number of methoxy groups -OCH3 is 1. The number of ether oxygens (including phenoxy) is 2. The van der Waals surface area contributed by atoms with E-state index in [1.807, 2.05) is 30.3 Å². The maximum atomic E-state index is 12.1. The smallest absolute Gasteiger partial charge is 0.253 e. The van der Waals surface area contributed by atoms with Gasteiger partial charge in [-0.05, 0) is 47.4 Å². The second-order valence-corrected chi connectivity index (χ2v) is 7.56. The van der Waals surface area contributed by atoms with Crippen LogP contribution in [0.1, 0.15) is 35.3 Å². The molecule has 0 atom stereocenters. The number of hydrogen-bond donors (Lipinski definition) is 1. The van der Waals surface area contributed by atoms with Crippen molar-refractivity contribution in [2.75, 3.05) is 27.8 Å². The third-order valence-electron chi connectivity index (χ3n) is 4.26. The van der Waals surface area contributed by atoms with E-state index in [2.05, 4.69) is 19.2 Å². The van der Waals surface area contributed by atoms with Gasteiger partial charge in [0.05, 0.1) is 13.7 Å². The third-order valence-corrected chi connectivity index (χ3v) is 4.26. The Morgan fingerprint density at radius 1 is 1.07 bits per heavy atom. The summed E-state index contributed by atoms with van der Waals surface area (Å²) in [5.41, 5.74) is 2.37. The summed E-state index contributed by atoms with van der Waals surface area (Å²) in [6, 6.07) is 12.7. The molecular formula is C24H30N2O4. The van der Waals surface area contributed by atoms with E-state index in [0.29, 0.717) is 36.1 Å². The average Bonchev–Trinajstić information content (AvgIpc) is 2.74. The van der Waals surface area contributed by atoms with Crippen LogP contribution >= 0.6 is 0 Å². The first kappa shape index (κ1) is 23.0. The molecule has 160 valence electrons. The maximum Gasteiger partial charge on any atom is 0.253 e.